The number of methoxy groups -OCH3 is 2. The molecule has 20 nitrogen and oxygen atoms in total. The van der Waals surface area contributed by atoms with E-state index in [1.807, 2.05) is 6.07 Å². The van der Waals surface area contributed by atoms with Gasteiger partial charge in [-0.25, -0.2) is 23.8 Å². The molecule has 492 valence electrons. The molecule has 25 heteroatoms. The summed E-state index contributed by atoms with van der Waals surface area (Å²) in [6, 6.07) is 15.4. The van der Waals surface area contributed by atoms with Gasteiger partial charge in [0.25, 0.3) is 11.1 Å². The summed E-state index contributed by atoms with van der Waals surface area (Å²) < 4.78 is 54.2. The molecule has 5 N–H and O–H groups in total. The van der Waals surface area contributed by atoms with Crippen LogP contribution in [0.3, 0.4) is 0 Å². The molecule has 4 aliphatic carbocycles. The van der Waals surface area contributed by atoms with Gasteiger partial charge in [-0.3, -0.25) is 33.7 Å². The van der Waals surface area contributed by atoms with Crippen LogP contribution in [0, 0.1) is 49.4 Å². The minimum absolute atomic E-state index is 0. The van der Waals surface area contributed by atoms with Crippen LogP contribution in [0.2, 0.25) is 0 Å². The minimum atomic E-state index is -3.85. The van der Waals surface area contributed by atoms with Crippen molar-refractivity contribution < 1.29 is 81.0 Å². The van der Waals surface area contributed by atoms with Gasteiger partial charge in [-0.15, -0.1) is 0 Å². The number of esters is 2. The minimum Gasteiger partial charge on any atom is -0.468 e. The van der Waals surface area contributed by atoms with E-state index in [4.69, 9.17) is 34.7 Å². The third kappa shape index (κ3) is 29.2. The number of carbonyl (C=O) groups is 2. The molecular weight excluding hydrogens is 1260 g/mol. The Balaban J connectivity index is 0.000000434. The van der Waals surface area contributed by atoms with Crippen LogP contribution in [-0.4, -0.2) is 75.7 Å². The molecule has 0 amide bonds. The summed E-state index contributed by atoms with van der Waals surface area (Å²) in [6.07, 6.45) is 28.6. The number of nitrogens with zero attached hydrogens (tertiary/aromatic N) is 2. The summed E-state index contributed by atoms with van der Waals surface area (Å²) in [5.41, 5.74) is -0.251. The van der Waals surface area contributed by atoms with Crippen molar-refractivity contribution in [2.24, 2.45) is 35.5 Å². The number of ether oxygens (including phenoxy) is 2. The summed E-state index contributed by atoms with van der Waals surface area (Å²) in [5.74, 6) is 2.58. The van der Waals surface area contributed by atoms with Gasteiger partial charge in [0.05, 0.1) is 20.8 Å². The molecule has 2 aromatic heterocycles. The third-order valence-electron chi connectivity index (χ3n) is 16.4. The smallest absolute Gasteiger partial charge is 0.459 e. The van der Waals surface area contributed by atoms with Crippen LogP contribution >= 0.6 is 25.9 Å². The number of aryl methyl sites for hydroxylation is 4. The predicted octanol–water partition coefficient (Wildman–Crippen LogP) is 12.2. The Bertz CT molecular complexity index is 2920. The van der Waals surface area contributed by atoms with Crippen molar-refractivity contribution >= 4 is 37.8 Å². The number of para-hydroxylation sites is 2. The van der Waals surface area contributed by atoms with Crippen LogP contribution < -0.4 is 41.7 Å². The molecule has 6 unspecified atom stereocenters. The summed E-state index contributed by atoms with van der Waals surface area (Å²) in [5, 5.41) is 14.2. The van der Waals surface area contributed by atoms with E-state index >= 15 is 0 Å². The summed E-state index contributed by atoms with van der Waals surface area (Å²) in [6.45, 7) is 8.84. The SMILES string of the molecule is C1CCCC1.C1CCCC1.COC(=O)[C@H](C)NP(=O)(Cl)Oc1ccccc1.COC(=O)[C@H](C)NP(=O)(OCC[C@H](C)C1CCCC1CCn1cc(C)c(=O)[nH]c1=O)Oc1ccccc1.Cc1cn(CCC2CCCC2[C@@H](C)CCO)c(=O)[nH]c1=O.[Fe].[Fe]. The van der Waals surface area contributed by atoms with E-state index in [0.29, 0.717) is 77.6 Å². The van der Waals surface area contributed by atoms with Crippen molar-refractivity contribution in [3.05, 3.63) is 126 Å². The average molecular weight is 1360 g/mol. The van der Waals surface area contributed by atoms with Crippen LogP contribution in [0.1, 0.15) is 167 Å². The molecule has 8 rings (SSSR count). The van der Waals surface area contributed by atoms with E-state index in [9.17, 15) is 37.9 Å². The van der Waals surface area contributed by atoms with E-state index in [1.54, 1.807) is 90.0 Å². The number of aliphatic hydroxyl groups is 1. The number of benzene rings is 2. The van der Waals surface area contributed by atoms with E-state index in [1.165, 1.54) is 112 Å². The van der Waals surface area contributed by atoms with Crippen LogP contribution in [0.5, 0.6) is 11.5 Å². The van der Waals surface area contributed by atoms with Gasteiger partial charge in [-0.1, -0.05) is 140 Å². The van der Waals surface area contributed by atoms with Crippen molar-refractivity contribution in [3.63, 3.8) is 0 Å². The van der Waals surface area contributed by atoms with Crippen LogP contribution in [-0.2, 0) is 79.9 Å². The Morgan fingerprint density at radius 3 is 1.37 bits per heavy atom. The van der Waals surface area contributed by atoms with Gasteiger partial charge in [-0.2, -0.15) is 5.09 Å². The number of aromatic nitrogens is 4. The molecular formula is C62H97ClFe2N6O14P2. The number of carbonyl (C=O) groups excluding carboxylic acids is 2. The molecule has 4 aromatic rings. The normalized spacial score (nSPS) is 20.3. The quantitative estimate of drug-likeness (QED) is 0.0248. The molecule has 0 saturated heterocycles. The zero-order valence-corrected chi connectivity index (χ0v) is 56.9. The monoisotopic (exact) mass is 1360 g/mol. The summed E-state index contributed by atoms with van der Waals surface area (Å²) in [7, 11) is -1.36. The molecule has 4 saturated carbocycles. The molecule has 10 atom stereocenters. The third-order valence-corrected chi connectivity index (χ3v) is 19.7. The van der Waals surface area contributed by atoms with E-state index in [0.717, 1.165) is 38.5 Å². The first kappa shape index (κ1) is 79.1. The molecule has 4 fully saturated rings. The number of rotatable bonds is 24. The Kier molecular flexibility index (Phi) is 38.3. The van der Waals surface area contributed by atoms with E-state index < -0.39 is 38.6 Å². The van der Waals surface area contributed by atoms with E-state index in [-0.39, 0.29) is 69.8 Å². The van der Waals surface area contributed by atoms with Crippen molar-refractivity contribution in [1.82, 2.24) is 29.3 Å². The van der Waals surface area contributed by atoms with Gasteiger partial charge >= 0.3 is 37.9 Å². The van der Waals surface area contributed by atoms with Gasteiger partial charge in [0.1, 0.15) is 23.6 Å². The van der Waals surface area contributed by atoms with Crippen LogP contribution in [0.25, 0.3) is 0 Å². The molecule has 2 aromatic carbocycles. The molecule has 0 radical (unpaired) electrons. The topological polar surface area (TPSA) is 268 Å². The van der Waals surface area contributed by atoms with Gasteiger partial charge in [0.15, 0.2) is 0 Å². The van der Waals surface area contributed by atoms with Crippen molar-refractivity contribution in [3.8, 4) is 11.5 Å². The van der Waals surface area contributed by atoms with Gasteiger partial charge in [0.2, 0.25) is 0 Å². The predicted molar refractivity (Wildman–Crippen MR) is 334 cm³/mol. The Morgan fingerprint density at radius 2 is 0.977 bits per heavy atom. The second-order valence-corrected chi connectivity index (χ2v) is 27.4. The fourth-order valence-electron chi connectivity index (χ4n) is 11.6. The second kappa shape index (κ2) is 42.1. The molecule has 2 heterocycles. The average Bonchev–Trinajstić information content (AvgIpc) is 4.20. The first-order valence-corrected chi connectivity index (χ1v) is 34.6. The van der Waals surface area contributed by atoms with Crippen molar-refractivity contribution in [2.75, 3.05) is 27.4 Å². The van der Waals surface area contributed by atoms with Crippen LogP contribution in [0.4, 0.5) is 0 Å². The summed E-state index contributed by atoms with van der Waals surface area (Å²) >= 11 is 5.68. The second-order valence-electron chi connectivity index (χ2n) is 23.0. The number of hydrogen-bond acceptors (Lipinski definition) is 14. The van der Waals surface area contributed by atoms with Crippen molar-refractivity contribution in [2.45, 2.75) is 195 Å². The maximum atomic E-state index is 13.5. The molecule has 0 bridgehead atoms. The van der Waals surface area contributed by atoms with Crippen molar-refractivity contribution in [1.29, 1.82) is 0 Å². The van der Waals surface area contributed by atoms with Gasteiger partial charge in [-0.05, 0) is 126 Å². The number of halogens is 1. The molecule has 0 aliphatic heterocycles. The van der Waals surface area contributed by atoms with E-state index in [2.05, 4.69) is 38.7 Å². The Hall–Kier alpha value is -4.03. The molecule has 87 heavy (non-hydrogen) atoms. The molecule has 4 aliphatic rings. The Morgan fingerprint density at radius 1 is 0.598 bits per heavy atom. The number of nitrogens with one attached hydrogen (secondary N) is 4. The zero-order valence-electron chi connectivity index (χ0n) is 52.1. The largest absolute Gasteiger partial charge is 0.468 e. The number of aliphatic hydroxyl groups excluding tert-OH is 1. The maximum Gasteiger partial charge on any atom is 0.459 e. The fraction of sp³-hybridized carbons (Fsp3) is 0.645. The van der Waals surface area contributed by atoms with Gasteiger partial charge in [0, 0.05) is 88.6 Å². The first-order valence-electron chi connectivity index (χ1n) is 30.5. The Labute approximate surface area is 540 Å². The van der Waals surface area contributed by atoms with Crippen LogP contribution in [0.15, 0.2) is 92.2 Å². The zero-order chi connectivity index (χ0) is 62.4. The molecule has 0 spiro atoms. The maximum absolute atomic E-state index is 13.5. The fourth-order valence-corrected chi connectivity index (χ4v) is 14.8. The first-order chi connectivity index (χ1) is 40.6. The number of hydrogen-bond donors (Lipinski definition) is 5. The number of H-pyrrole nitrogens is 2. The summed E-state index contributed by atoms with van der Waals surface area (Å²) in [4.78, 5) is 74.7. The standard InChI is InChI=1S/C26H38N3O7P.C16H26N2O3.C10H13ClNO4P.2C5H10.2Fe/c1-18(23-12-8-9-21(23)13-15-29-17-19(2)24(30)27-26(29)32)14-16-35-37(33,28-20(3)25(31)34-4)36-22-10-6-5-7-11-22;1-11(7-9-19)14-5-3-4-13(14)6-8-18-10-12(2)15(20)17-16(18)21;1-8(10(13)15-2)12-17(11,14)16-9-6-4-3-5-7-9;2*1-2-4-5-3-1;;/h5-7,10-11,17-18,20-21,23H,8-9,12-16H2,1-4H3,(H,28,33)(H,27,30,32);10-11,13-14,19H,3-9H2,1-2H3,(H,17,20,21);3-8H,1-2H3,(H,12,14);2*1-5H2;;/t18-,20-,21?,23?,37?;11-,13?,14?;8-,17?;;;;/m000..../s1. The van der Waals surface area contributed by atoms with Gasteiger partial charge < -0.3 is 32.8 Å². The number of aromatic amines is 2.